The van der Waals surface area contributed by atoms with Crippen LogP contribution < -0.4 is 4.52 Å². The Morgan fingerprint density at radius 3 is 1.85 bits per heavy atom. The second kappa shape index (κ2) is 6.47. The molecule has 0 amide bonds. The normalized spacial score (nSPS) is 11.7. The zero-order chi connectivity index (χ0) is 15.4. The van der Waals surface area contributed by atoms with E-state index in [9.17, 15) is 4.57 Å². The van der Waals surface area contributed by atoms with Gasteiger partial charge in [-0.3, -0.25) is 9.79 Å². The number of benzene rings is 2. The summed E-state index contributed by atoms with van der Waals surface area (Å²) < 4.78 is 24.2. The Kier molecular flexibility index (Phi) is 5.44. The minimum absolute atomic E-state index is 0.196. The van der Waals surface area contributed by atoms with E-state index in [1.807, 2.05) is 18.2 Å². The van der Waals surface area contributed by atoms with Gasteiger partial charge >= 0.3 is 15.6 Å². The van der Waals surface area contributed by atoms with Crippen LogP contribution in [0, 0.1) is 0 Å². The highest BCUT2D eigenvalue weighted by Crippen LogP contribution is 2.40. The fourth-order valence-electron chi connectivity index (χ4n) is 1.40. The molecule has 2 aromatic carbocycles. The molecule has 0 aliphatic heterocycles. The summed E-state index contributed by atoms with van der Waals surface area (Å²) in [6.45, 7) is 0. The maximum Gasteiger partial charge on any atom is 0.524 e. The van der Waals surface area contributed by atoms with E-state index in [4.69, 9.17) is 29.0 Å². The summed E-state index contributed by atoms with van der Waals surface area (Å²) in [6, 6.07) is 12.3. The van der Waals surface area contributed by atoms with Crippen molar-refractivity contribution in [1.82, 2.24) is 0 Å². The predicted molar refractivity (Wildman–Crippen MR) is 70.9 cm³/mol. The molecule has 2 rings (SSSR count). The molecule has 20 heavy (non-hydrogen) atoms. The van der Waals surface area contributed by atoms with Crippen molar-refractivity contribution in [3.63, 3.8) is 0 Å². The maximum atomic E-state index is 10.7. The highest BCUT2D eigenvalue weighted by Gasteiger charge is 2.17. The molecule has 2 aromatic rings. The Balaban J connectivity index is 0.000000347. The molecule has 0 fully saturated rings. The quantitative estimate of drug-likeness (QED) is 0.521. The highest BCUT2D eigenvalue weighted by molar-refractivity contribution is 7.46. The fourth-order valence-corrected chi connectivity index (χ4v) is 1.82. The summed E-state index contributed by atoms with van der Waals surface area (Å²) in [4.78, 5) is 39.0. The van der Waals surface area contributed by atoms with Crippen LogP contribution in [0.1, 0.15) is 0 Å². The Hall–Kier alpha value is -1.24. The SMILES string of the molecule is O=P(O)(O)O.O=P(O)(O)Oc1cccc2ccccc12. The zero-order valence-corrected chi connectivity index (χ0v) is 11.7. The number of hydrogen-bond acceptors (Lipinski definition) is 3. The lowest BCUT2D eigenvalue weighted by Gasteiger charge is -2.09. The molecule has 0 radical (unpaired) electrons. The predicted octanol–water partition coefficient (Wildman–Crippen LogP) is 1.38. The molecule has 0 bridgehead atoms. The molecule has 0 heterocycles. The van der Waals surface area contributed by atoms with Crippen molar-refractivity contribution >= 4 is 26.4 Å². The summed E-state index contributed by atoms with van der Waals surface area (Å²) in [5.74, 6) is 0.196. The molecule has 0 aliphatic rings. The highest BCUT2D eigenvalue weighted by atomic mass is 31.2. The Labute approximate surface area is 113 Å². The lowest BCUT2D eigenvalue weighted by molar-refractivity contribution is 0.274. The Morgan fingerprint density at radius 1 is 0.800 bits per heavy atom. The van der Waals surface area contributed by atoms with Crippen molar-refractivity contribution in [2.24, 2.45) is 0 Å². The van der Waals surface area contributed by atoms with Crippen molar-refractivity contribution in [2.45, 2.75) is 0 Å². The number of phosphoric acid groups is 2. The van der Waals surface area contributed by atoms with Gasteiger partial charge in [-0.2, -0.15) is 0 Å². The minimum atomic E-state index is -4.64. The summed E-state index contributed by atoms with van der Waals surface area (Å²) in [5.41, 5.74) is 0. The van der Waals surface area contributed by atoms with Gasteiger partial charge in [0.05, 0.1) is 0 Å². The average Bonchev–Trinajstić information content (AvgIpc) is 2.25. The third-order valence-corrected chi connectivity index (χ3v) is 2.40. The van der Waals surface area contributed by atoms with Gasteiger partial charge in [-0.1, -0.05) is 36.4 Å². The molecule has 110 valence electrons. The van der Waals surface area contributed by atoms with E-state index in [2.05, 4.69) is 4.52 Å². The van der Waals surface area contributed by atoms with Gasteiger partial charge in [-0.05, 0) is 11.5 Å². The lowest BCUT2D eigenvalue weighted by atomic mass is 10.1. The molecule has 8 nitrogen and oxygen atoms in total. The van der Waals surface area contributed by atoms with Crippen molar-refractivity contribution < 1.29 is 38.1 Å². The van der Waals surface area contributed by atoms with Crippen LogP contribution in [0.5, 0.6) is 5.75 Å². The van der Waals surface area contributed by atoms with E-state index in [1.165, 1.54) is 6.07 Å². The maximum absolute atomic E-state index is 10.7. The van der Waals surface area contributed by atoms with E-state index in [0.717, 1.165) is 5.39 Å². The number of phosphoric ester groups is 1. The third kappa shape index (κ3) is 6.79. The number of fused-ring (bicyclic) bond motifs is 1. The van der Waals surface area contributed by atoms with Crippen LogP contribution in [0.15, 0.2) is 42.5 Å². The molecular formula is C10H12O8P2. The van der Waals surface area contributed by atoms with E-state index >= 15 is 0 Å². The first-order chi connectivity index (χ1) is 9.06. The minimum Gasteiger partial charge on any atom is -0.404 e. The van der Waals surface area contributed by atoms with Crippen LogP contribution in [-0.4, -0.2) is 24.5 Å². The lowest BCUT2D eigenvalue weighted by Crippen LogP contribution is -1.90. The first kappa shape index (κ1) is 16.8. The standard InChI is InChI=1S/C10H9O4P.H3O4P/c11-15(12,13)14-10-7-3-5-8-4-1-2-6-9(8)10;1-5(2,3)4/h1-7H,(H2,11,12,13);(H3,1,2,3,4). The van der Waals surface area contributed by atoms with Gasteiger partial charge in [0.15, 0.2) is 0 Å². The van der Waals surface area contributed by atoms with Crippen molar-refractivity contribution in [2.75, 3.05) is 0 Å². The van der Waals surface area contributed by atoms with Crippen molar-refractivity contribution in [3.8, 4) is 5.75 Å². The first-order valence-electron chi connectivity index (χ1n) is 5.07. The van der Waals surface area contributed by atoms with Gasteiger partial charge in [-0.25, -0.2) is 9.13 Å². The van der Waals surface area contributed by atoms with Gasteiger partial charge in [0.25, 0.3) is 0 Å². The van der Waals surface area contributed by atoms with Gasteiger partial charge in [0.1, 0.15) is 5.75 Å². The smallest absolute Gasteiger partial charge is 0.404 e. The molecular weight excluding hydrogens is 310 g/mol. The van der Waals surface area contributed by atoms with Crippen LogP contribution in [0.2, 0.25) is 0 Å². The average molecular weight is 322 g/mol. The Bertz CT molecular complexity index is 660. The van der Waals surface area contributed by atoms with Gasteiger partial charge in [0, 0.05) is 5.39 Å². The first-order valence-corrected chi connectivity index (χ1v) is 8.17. The van der Waals surface area contributed by atoms with Gasteiger partial charge in [0.2, 0.25) is 0 Å². The summed E-state index contributed by atoms with van der Waals surface area (Å²) >= 11 is 0. The van der Waals surface area contributed by atoms with Crippen LogP contribution in [0.4, 0.5) is 0 Å². The van der Waals surface area contributed by atoms with Gasteiger partial charge in [-0.15, -0.1) is 0 Å². The third-order valence-electron chi connectivity index (χ3n) is 1.97. The molecule has 0 unspecified atom stereocenters. The van der Waals surface area contributed by atoms with Gasteiger partial charge < -0.3 is 19.2 Å². The van der Waals surface area contributed by atoms with Crippen molar-refractivity contribution in [3.05, 3.63) is 42.5 Å². The molecule has 0 atom stereocenters. The molecule has 0 aliphatic carbocycles. The van der Waals surface area contributed by atoms with E-state index < -0.39 is 15.6 Å². The van der Waals surface area contributed by atoms with E-state index in [-0.39, 0.29) is 5.75 Å². The summed E-state index contributed by atoms with van der Waals surface area (Å²) in [6.07, 6.45) is 0. The van der Waals surface area contributed by atoms with E-state index in [0.29, 0.717) is 5.39 Å². The molecule has 0 spiro atoms. The summed E-state index contributed by atoms with van der Waals surface area (Å²) in [5, 5.41) is 1.56. The van der Waals surface area contributed by atoms with Crippen LogP contribution in [0.3, 0.4) is 0 Å². The molecule has 0 aromatic heterocycles. The molecule has 0 saturated carbocycles. The largest absolute Gasteiger partial charge is 0.524 e. The zero-order valence-electron chi connectivity index (χ0n) is 9.90. The Morgan fingerprint density at radius 2 is 1.30 bits per heavy atom. The number of hydrogen-bond donors (Lipinski definition) is 5. The monoisotopic (exact) mass is 322 g/mol. The second-order valence-electron chi connectivity index (χ2n) is 3.57. The topological polar surface area (TPSA) is 145 Å². The van der Waals surface area contributed by atoms with Crippen LogP contribution >= 0.6 is 15.6 Å². The molecule has 10 heteroatoms. The molecule has 0 saturated heterocycles. The van der Waals surface area contributed by atoms with Crippen LogP contribution in [0.25, 0.3) is 10.8 Å². The number of rotatable bonds is 2. The van der Waals surface area contributed by atoms with Crippen LogP contribution in [-0.2, 0) is 9.13 Å². The molecule has 5 N–H and O–H groups in total. The summed E-state index contributed by atoms with van der Waals surface area (Å²) in [7, 11) is -9.13. The van der Waals surface area contributed by atoms with Crippen molar-refractivity contribution in [1.29, 1.82) is 0 Å². The second-order valence-corrected chi connectivity index (χ2v) is 5.76. The fraction of sp³-hybridized carbons (Fsp3) is 0. The van der Waals surface area contributed by atoms with E-state index in [1.54, 1.807) is 18.2 Å².